The van der Waals surface area contributed by atoms with Crippen molar-refractivity contribution in [3.8, 4) is 0 Å². The fraction of sp³-hybridized carbons (Fsp3) is 0.429. The highest BCUT2D eigenvalue weighted by molar-refractivity contribution is 5.73. The van der Waals surface area contributed by atoms with Gasteiger partial charge in [0, 0.05) is 6.42 Å². The Hall–Kier alpha value is -1.36. The van der Waals surface area contributed by atoms with Gasteiger partial charge < -0.3 is 14.8 Å². The van der Waals surface area contributed by atoms with Gasteiger partial charge in [-0.25, -0.2) is 4.98 Å². The van der Waals surface area contributed by atoms with Gasteiger partial charge in [-0.1, -0.05) is 0 Å². The number of carboxylic acid groups (broad SMARTS) is 1. The average molecular weight is 170 g/mol. The van der Waals surface area contributed by atoms with Crippen molar-refractivity contribution in [1.29, 1.82) is 0 Å². The van der Waals surface area contributed by atoms with Crippen LogP contribution in [0.1, 0.15) is 5.69 Å². The van der Waals surface area contributed by atoms with E-state index in [2.05, 4.69) is 10.3 Å². The van der Waals surface area contributed by atoms with Crippen LogP contribution in [0.2, 0.25) is 0 Å². The highest BCUT2D eigenvalue weighted by atomic mass is 16.4. The van der Waals surface area contributed by atoms with Crippen LogP contribution in [0.3, 0.4) is 0 Å². The summed E-state index contributed by atoms with van der Waals surface area (Å²) in [5.74, 6) is -0.888. The molecule has 0 aliphatic carbocycles. The van der Waals surface area contributed by atoms with E-state index in [4.69, 9.17) is 9.52 Å². The normalized spacial score (nSPS) is 12.8. The molecule has 1 rings (SSSR count). The number of hydrogen-bond donors (Lipinski definition) is 2. The Balaban J connectivity index is 2.54. The lowest BCUT2D eigenvalue weighted by atomic mass is 10.2. The molecule has 1 aromatic heterocycles. The first-order valence-corrected chi connectivity index (χ1v) is 3.51. The molecule has 0 fully saturated rings. The third kappa shape index (κ3) is 2.06. The van der Waals surface area contributed by atoms with E-state index in [0.29, 0.717) is 12.1 Å². The van der Waals surface area contributed by atoms with E-state index in [1.807, 2.05) is 0 Å². The highest BCUT2D eigenvalue weighted by Crippen LogP contribution is 1.99. The van der Waals surface area contributed by atoms with Crippen molar-refractivity contribution >= 4 is 5.97 Å². The molecule has 0 aliphatic heterocycles. The van der Waals surface area contributed by atoms with E-state index in [-0.39, 0.29) is 0 Å². The molecule has 12 heavy (non-hydrogen) atoms. The summed E-state index contributed by atoms with van der Waals surface area (Å²) in [5, 5.41) is 11.3. The second-order valence-electron chi connectivity index (χ2n) is 2.36. The summed E-state index contributed by atoms with van der Waals surface area (Å²) in [6.45, 7) is 0. The first-order chi connectivity index (χ1) is 5.74. The van der Waals surface area contributed by atoms with Crippen LogP contribution in [0.15, 0.2) is 17.1 Å². The summed E-state index contributed by atoms with van der Waals surface area (Å²) >= 11 is 0. The predicted octanol–water partition coefficient (Wildman–Crippen LogP) is -0.110. The van der Waals surface area contributed by atoms with Crippen LogP contribution < -0.4 is 5.32 Å². The number of carbonyl (C=O) groups is 1. The SMILES string of the molecule is CN[C@@H](Cc1cocn1)C(=O)O. The van der Waals surface area contributed by atoms with E-state index in [0.717, 1.165) is 0 Å². The Morgan fingerprint density at radius 1 is 1.92 bits per heavy atom. The maximum atomic E-state index is 10.5. The molecule has 0 saturated heterocycles. The molecule has 0 aromatic carbocycles. The maximum Gasteiger partial charge on any atom is 0.321 e. The van der Waals surface area contributed by atoms with Gasteiger partial charge >= 0.3 is 5.97 Å². The minimum absolute atomic E-state index is 0.336. The molecule has 1 heterocycles. The van der Waals surface area contributed by atoms with Crippen LogP contribution in [-0.4, -0.2) is 29.1 Å². The van der Waals surface area contributed by atoms with Gasteiger partial charge in [0.05, 0.1) is 5.69 Å². The average Bonchev–Trinajstić information content (AvgIpc) is 2.51. The summed E-state index contributed by atoms with van der Waals surface area (Å²) in [5.41, 5.74) is 0.636. The lowest BCUT2D eigenvalue weighted by Crippen LogP contribution is -2.35. The van der Waals surface area contributed by atoms with Crippen molar-refractivity contribution in [2.75, 3.05) is 7.05 Å². The van der Waals surface area contributed by atoms with Gasteiger partial charge in [0.2, 0.25) is 0 Å². The number of oxazole rings is 1. The van der Waals surface area contributed by atoms with Crippen molar-refractivity contribution in [2.24, 2.45) is 0 Å². The molecule has 5 nitrogen and oxygen atoms in total. The third-order valence-electron chi connectivity index (χ3n) is 1.54. The lowest BCUT2D eigenvalue weighted by Gasteiger charge is -2.07. The van der Waals surface area contributed by atoms with E-state index in [1.165, 1.54) is 12.7 Å². The van der Waals surface area contributed by atoms with E-state index >= 15 is 0 Å². The van der Waals surface area contributed by atoms with Crippen LogP contribution in [0.25, 0.3) is 0 Å². The number of aromatic nitrogens is 1. The number of nitrogens with zero attached hydrogens (tertiary/aromatic N) is 1. The Kier molecular flexibility index (Phi) is 2.82. The molecule has 0 bridgehead atoms. The summed E-state index contributed by atoms with van der Waals surface area (Å²) in [6, 6.07) is -0.602. The second kappa shape index (κ2) is 3.87. The number of hydrogen-bond acceptors (Lipinski definition) is 4. The van der Waals surface area contributed by atoms with Crippen molar-refractivity contribution in [2.45, 2.75) is 12.5 Å². The molecule has 2 N–H and O–H groups in total. The molecule has 5 heteroatoms. The molecule has 0 saturated carbocycles. The first-order valence-electron chi connectivity index (χ1n) is 3.51. The smallest absolute Gasteiger partial charge is 0.321 e. The molecule has 0 amide bonds. The van der Waals surface area contributed by atoms with Crippen molar-refractivity contribution in [1.82, 2.24) is 10.3 Å². The van der Waals surface area contributed by atoms with Gasteiger partial charge in [-0.2, -0.15) is 0 Å². The summed E-state index contributed by atoms with van der Waals surface area (Å²) in [7, 11) is 1.60. The minimum Gasteiger partial charge on any atom is -0.480 e. The van der Waals surface area contributed by atoms with Crippen molar-refractivity contribution in [3.05, 3.63) is 18.4 Å². The maximum absolute atomic E-state index is 10.5. The Morgan fingerprint density at radius 3 is 3.08 bits per heavy atom. The van der Waals surface area contributed by atoms with Crippen LogP contribution >= 0.6 is 0 Å². The van der Waals surface area contributed by atoms with Crippen LogP contribution in [0.5, 0.6) is 0 Å². The number of likely N-dealkylation sites (N-methyl/N-ethyl adjacent to an activating group) is 1. The van der Waals surface area contributed by atoms with Crippen molar-refractivity contribution < 1.29 is 14.3 Å². The lowest BCUT2D eigenvalue weighted by molar-refractivity contribution is -0.139. The number of carboxylic acids is 1. The van der Waals surface area contributed by atoms with Gasteiger partial charge in [-0.15, -0.1) is 0 Å². The predicted molar refractivity (Wildman–Crippen MR) is 40.7 cm³/mol. The molecule has 0 aliphatic rings. The largest absolute Gasteiger partial charge is 0.480 e. The van der Waals surface area contributed by atoms with E-state index in [9.17, 15) is 4.79 Å². The van der Waals surface area contributed by atoms with Gasteiger partial charge in [0.25, 0.3) is 0 Å². The molecule has 0 radical (unpaired) electrons. The van der Waals surface area contributed by atoms with Gasteiger partial charge in [0.15, 0.2) is 6.39 Å². The molecule has 66 valence electrons. The Labute approximate surface area is 69.4 Å². The Bertz CT molecular complexity index is 245. The van der Waals surface area contributed by atoms with Gasteiger partial charge in [-0.05, 0) is 7.05 Å². The fourth-order valence-corrected chi connectivity index (χ4v) is 0.860. The fourth-order valence-electron chi connectivity index (χ4n) is 0.860. The number of nitrogens with one attached hydrogen (secondary N) is 1. The molecular formula is C7H10N2O3. The monoisotopic (exact) mass is 170 g/mol. The van der Waals surface area contributed by atoms with Crippen molar-refractivity contribution in [3.63, 3.8) is 0 Å². The number of aliphatic carboxylic acids is 1. The summed E-state index contributed by atoms with van der Waals surface area (Å²) < 4.78 is 4.71. The number of rotatable bonds is 4. The minimum atomic E-state index is -0.888. The third-order valence-corrected chi connectivity index (χ3v) is 1.54. The zero-order valence-electron chi connectivity index (χ0n) is 6.65. The summed E-state index contributed by atoms with van der Waals surface area (Å²) in [6.07, 6.45) is 3.06. The van der Waals surface area contributed by atoms with E-state index in [1.54, 1.807) is 7.05 Å². The van der Waals surface area contributed by atoms with Crippen LogP contribution in [0.4, 0.5) is 0 Å². The Morgan fingerprint density at radius 2 is 2.67 bits per heavy atom. The van der Waals surface area contributed by atoms with Crippen LogP contribution in [-0.2, 0) is 11.2 Å². The highest BCUT2D eigenvalue weighted by Gasteiger charge is 2.16. The molecule has 0 unspecified atom stereocenters. The van der Waals surface area contributed by atoms with Gasteiger partial charge in [-0.3, -0.25) is 4.79 Å². The van der Waals surface area contributed by atoms with E-state index < -0.39 is 12.0 Å². The van der Waals surface area contributed by atoms with Gasteiger partial charge in [0.1, 0.15) is 12.3 Å². The zero-order chi connectivity index (χ0) is 8.97. The molecule has 1 aromatic rings. The summed E-state index contributed by atoms with van der Waals surface area (Å²) in [4.78, 5) is 14.4. The topological polar surface area (TPSA) is 75.4 Å². The molecular weight excluding hydrogens is 160 g/mol. The van der Waals surface area contributed by atoms with Crippen LogP contribution in [0, 0.1) is 0 Å². The zero-order valence-corrected chi connectivity index (χ0v) is 6.65. The quantitative estimate of drug-likeness (QED) is 0.659. The first kappa shape index (κ1) is 8.73. The molecule has 1 atom stereocenters. The second-order valence-corrected chi connectivity index (χ2v) is 2.36. The standard InChI is InChI=1S/C7H10N2O3/c1-8-6(7(10)11)2-5-3-12-4-9-5/h3-4,6,8H,2H2,1H3,(H,10,11)/t6-/m0/s1. The molecule has 0 spiro atoms.